The summed E-state index contributed by atoms with van der Waals surface area (Å²) in [5, 5.41) is 8.93. The number of nitrogens with two attached hydrogens (primary N) is 1. The van der Waals surface area contributed by atoms with Crippen molar-refractivity contribution in [1.82, 2.24) is 25.1 Å². The summed E-state index contributed by atoms with van der Waals surface area (Å²) in [5.41, 5.74) is 5.62. The number of anilines is 3. The first kappa shape index (κ1) is 26.4. The van der Waals surface area contributed by atoms with Gasteiger partial charge in [0, 0.05) is 23.6 Å². The van der Waals surface area contributed by atoms with Gasteiger partial charge in [-0.2, -0.15) is 23.1 Å². The minimum Gasteiger partial charge on any atom is -0.439 e. The molecule has 0 amide bonds. The molecule has 0 spiro atoms. The first-order valence-electron chi connectivity index (χ1n) is 10.5. The van der Waals surface area contributed by atoms with Crippen LogP contribution in [-0.2, 0) is 16.0 Å². The number of nitrogen functional groups attached to an aromatic ring is 1. The van der Waals surface area contributed by atoms with Gasteiger partial charge in [0.15, 0.2) is 5.82 Å². The molecule has 0 radical (unpaired) electrons. The molecule has 0 aliphatic carbocycles. The fourth-order valence-corrected chi connectivity index (χ4v) is 3.32. The van der Waals surface area contributed by atoms with Gasteiger partial charge in [0.25, 0.3) is 5.16 Å². The maximum absolute atomic E-state index is 12.9. The number of aromatic amines is 1. The lowest BCUT2D eigenvalue weighted by Gasteiger charge is -2.08. The average Bonchev–Trinajstić information content (AvgIpc) is 3.28. The maximum atomic E-state index is 12.9. The van der Waals surface area contributed by atoms with Crippen molar-refractivity contribution >= 4 is 27.3 Å². The Kier molecular flexibility index (Phi) is 7.77. The maximum Gasteiger partial charge on any atom is 0.416 e. The summed E-state index contributed by atoms with van der Waals surface area (Å²) in [7, 11) is -3.68. The number of alkyl halides is 3. The zero-order valence-electron chi connectivity index (χ0n) is 19.3. The monoisotopic (exact) mass is 521 g/mol. The fraction of sp³-hybridized carbons (Fsp3) is 0.182. The number of hydrogen-bond acceptors (Lipinski definition) is 9. The molecule has 0 aliphatic heterocycles. The Bertz CT molecular complexity index is 1440. The Morgan fingerprint density at radius 2 is 1.69 bits per heavy atom. The molecule has 4 N–H and O–H groups in total. The molecule has 2 aromatic heterocycles. The summed E-state index contributed by atoms with van der Waals surface area (Å²) in [5.74, 6) is 0.659. The lowest BCUT2D eigenvalue weighted by Crippen LogP contribution is -2.07. The Morgan fingerprint density at radius 1 is 1.00 bits per heavy atom. The van der Waals surface area contributed by atoms with Gasteiger partial charge in [0.1, 0.15) is 11.6 Å². The van der Waals surface area contributed by atoms with Gasteiger partial charge in [0.05, 0.1) is 5.56 Å². The third-order valence-corrected chi connectivity index (χ3v) is 5.16. The van der Waals surface area contributed by atoms with Gasteiger partial charge in [-0.3, -0.25) is 5.10 Å². The average molecular weight is 522 g/mol. The van der Waals surface area contributed by atoms with Gasteiger partial charge >= 0.3 is 6.18 Å². The molecule has 0 fully saturated rings. The van der Waals surface area contributed by atoms with Gasteiger partial charge in [-0.15, -0.1) is 5.10 Å². The van der Waals surface area contributed by atoms with Crippen LogP contribution < -0.4 is 15.8 Å². The van der Waals surface area contributed by atoms with E-state index in [0.717, 1.165) is 18.4 Å². The van der Waals surface area contributed by atoms with Crippen molar-refractivity contribution in [3.63, 3.8) is 0 Å². The summed E-state index contributed by atoms with van der Waals surface area (Å²) in [6.07, 6.45) is -3.51. The molecule has 0 unspecified atom stereocenters. The van der Waals surface area contributed by atoms with Gasteiger partial charge in [-0.1, -0.05) is 19.9 Å². The van der Waals surface area contributed by atoms with E-state index in [0.29, 0.717) is 17.1 Å². The number of benzene rings is 2. The highest BCUT2D eigenvalue weighted by atomic mass is 32.2. The van der Waals surface area contributed by atoms with Crippen molar-refractivity contribution in [2.24, 2.45) is 0 Å². The van der Waals surface area contributed by atoms with E-state index in [1.165, 1.54) is 18.2 Å². The summed E-state index contributed by atoms with van der Waals surface area (Å²) in [6, 6.07) is 12.4. The Balaban J connectivity index is 0.00000176. The van der Waals surface area contributed by atoms with Crippen LogP contribution in [0.25, 0.3) is 11.4 Å². The number of hydrogen-bond donors (Lipinski definition) is 3. The molecule has 0 saturated heterocycles. The molecule has 190 valence electrons. The van der Waals surface area contributed by atoms with Crippen LogP contribution in [0.4, 0.5) is 30.6 Å². The van der Waals surface area contributed by atoms with Crippen LogP contribution >= 0.6 is 0 Å². The topological polar surface area (TPSA) is 149 Å². The highest BCUT2D eigenvalue weighted by Crippen LogP contribution is 2.31. The standard InChI is InChI=1S/C20H16F3N7O3S.C2H6/c1-34(31,32)19-26-15(24)10-16(27-19)33-14-7-5-11(6-8-14)17-28-18(30-29-17)25-13-4-2-3-12(9-13)20(21,22)23;1-2/h2-10H,1H3,(H2,24,26,27)(H2,25,28,29,30);1-2H3. The highest BCUT2D eigenvalue weighted by molar-refractivity contribution is 7.90. The summed E-state index contributed by atoms with van der Waals surface area (Å²) in [6.45, 7) is 4.00. The lowest BCUT2D eigenvalue weighted by atomic mass is 10.2. The molecule has 0 bridgehead atoms. The molecule has 2 heterocycles. The number of rotatable bonds is 6. The number of halogens is 3. The zero-order chi connectivity index (χ0) is 26.5. The van der Waals surface area contributed by atoms with Crippen molar-refractivity contribution < 1.29 is 26.3 Å². The van der Waals surface area contributed by atoms with E-state index in [9.17, 15) is 21.6 Å². The number of sulfone groups is 1. The molecule has 0 aliphatic rings. The fourth-order valence-electron chi connectivity index (χ4n) is 2.79. The molecular weight excluding hydrogens is 499 g/mol. The molecule has 36 heavy (non-hydrogen) atoms. The quantitative estimate of drug-likeness (QED) is 0.303. The third-order valence-electron chi connectivity index (χ3n) is 4.32. The molecule has 2 aromatic carbocycles. The normalized spacial score (nSPS) is 11.4. The smallest absolute Gasteiger partial charge is 0.416 e. The molecule has 4 aromatic rings. The molecule has 10 nitrogen and oxygen atoms in total. The number of H-pyrrole nitrogens is 1. The van der Waals surface area contributed by atoms with Gasteiger partial charge in [0.2, 0.25) is 21.7 Å². The molecule has 0 atom stereocenters. The summed E-state index contributed by atoms with van der Waals surface area (Å²) in [4.78, 5) is 11.7. The van der Waals surface area contributed by atoms with E-state index in [1.807, 2.05) is 13.8 Å². The first-order chi connectivity index (χ1) is 17.0. The summed E-state index contributed by atoms with van der Waals surface area (Å²) < 4.78 is 67.5. The van der Waals surface area contributed by atoms with Crippen molar-refractivity contribution in [2.75, 3.05) is 17.3 Å². The van der Waals surface area contributed by atoms with Crippen LogP contribution in [0.3, 0.4) is 0 Å². The van der Waals surface area contributed by atoms with E-state index in [2.05, 4.69) is 30.5 Å². The van der Waals surface area contributed by atoms with Gasteiger partial charge < -0.3 is 15.8 Å². The Morgan fingerprint density at radius 3 is 2.33 bits per heavy atom. The largest absolute Gasteiger partial charge is 0.439 e. The minimum atomic E-state index is -4.46. The molecular formula is C22H22F3N7O3S. The molecule has 4 rings (SSSR count). The van der Waals surface area contributed by atoms with Crippen LogP contribution in [0.5, 0.6) is 11.6 Å². The van der Waals surface area contributed by atoms with E-state index < -0.39 is 26.7 Å². The Hall–Kier alpha value is -4.20. The van der Waals surface area contributed by atoms with Crippen LogP contribution in [0.15, 0.2) is 59.8 Å². The zero-order valence-corrected chi connectivity index (χ0v) is 20.1. The van der Waals surface area contributed by atoms with Crippen LogP contribution in [0.2, 0.25) is 0 Å². The van der Waals surface area contributed by atoms with Crippen LogP contribution in [0.1, 0.15) is 19.4 Å². The van der Waals surface area contributed by atoms with E-state index in [1.54, 1.807) is 24.3 Å². The second kappa shape index (κ2) is 10.6. The lowest BCUT2D eigenvalue weighted by molar-refractivity contribution is -0.137. The van der Waals surface area contributed by atoms with Gasteiger partial charge in [-0.25, -0.2) is 13.4 Å². The third kappa shape index (κ3) is 6.69. The minimum absolute atomic E-state index is 0.0482. The highest BCUT2D eigenvalue weighted by Gasteiger charge is 2.30. The van der Waals surface area contributed by atoms with Crippen LogP contribution in [-0.4, -0.2) is 39.8 Å². The number of nitrogens with zero attached hydrogens (tertiary/aromatic N) is 4. The summed E-state index contributed by atoms with van der Waals surface area (Å²) >= 11 is 0. The molecule has 0 saturated carbocycles. The van der Waals surface area contributed by atoms with E-state index in [-0.39, 0.29) is 23.3 Å². The number of ether oxygens (including phenoxy) is 1. The van der Waals surface area contributed by atoms with Crippen molar-refractivity contribution in [1.29, 1.82) is 0 Å². The van der Waals surface area contributed by atoms with Gasteiger partial charge in [-0.05, 0) is 42.5 Å². The van der Waals surface area contributed by atoms with E-state index >= 15 is 0 Å². The number of nitrogens with one attached hydrogen (secondary N) is 2. The van der Waals surface area contributed by atoms with Crippen molar-refractivity contribution in [3.8, 4) is 23.0 Å². The van der Waals surface area contributed by atoms with Crippen molar-refractivity contribution in [2.45, 2.75) is 25.2 Å². The Labute approximate surface area is 204 Å². The second-order valence-electron chi connectivity index (χ2n) is 7.02. The predicted octanol–water partition coefficient (Wildman–Crippen LogP) is 4.83. The SMILES string of the molecule is CC.CS(=O)(=O)c1nc(N)cc(Oc2ccc(-c3nc(Nc4cccc(C(F)(F)F)c4)n[nH]3)cc2)n1. The number of aromatic nitrogens is 5. The van der Waals surface area contributed by atoms with Crippen LogP contribution in [0, 0.1) is 0 Å². The first-order valence-corrected chi connectivity index (χ1v) is 12.4. The van der Waals surface area contributed by atoms with Crippen molar-refractivity contribution in [3.05, 3.63) is 60.2 Å². The second-order valence-corrected chi connectivity index (χ2v) is 8.93. The predicted molar refractivity (Wildman–Crippen MR) is 128 cm³/mol. The molecule has 14 heteroatoms. The van der Waals surface area contributed by atoms with E-state index in [4.69, 9.17) is 10.5 Å².